The van der Waals surface area contributed by atoms with Gasteiger partial charge < -0.3 is 4.90 Å². The van der Waals surface area contributed by atoms with E-state index in [9.17, 15) is 9.59 Å². The van der Waals surface area contributed by atoms with Crippen molar-refractivity contribution >= 4 is 28.3 Å². The molecule has 2 aliphatic rings. The minimum Gasteiger partial charge on any atom is -0.342 e. The quantitative estimate of drug-likeness (QED) is 0.534. The van der Waals surface area contributed by atoms with Gasteiger partial charge in [-0.2, -0.15) is 5.10 Å². The number of benzene rings is 2. The largest absolute Gasteiger partial charge is 0.342 e. The Balaban J connectivity index is 1.39. The summed E-state index contributed by atoms with van der Waals surface area (Å²) in [5.74, 6) is 0.217. The highest BCUT2D eigenvalue weighted by Gasteiger charge is 2.29. The van der Waals surface area contributed by atoms with Crippen molar-refractivity contribution in [3.63, 3.8) is 0 Å². The number of hydrogen-bond donors (Lipinski definition) is 0. The Morgan fingerprint density at radius 3 is 2.44 bits per heavy atom. The van der Waals surface area contributed by atoms with E-state index in [0.29, 0.717) is 29.9 Å². The fourth-order valence-corrected chi connectivity index (χ4v) is 5.41. The molecule has 34 heavy (non-hydrogen) atoms. The number of piperidine rings is 1. The van der Waals surface area contributed by atoms with E-state index in [1.54, 1.807) is 4.68 Å². The van der Waals surface area contributed by atoms with Crippen LogP contribution >= 0.6 is 11.6 Å². The number of aromatic nitrogens is 2. The second kappa shape index (κ2) is 10.3. The Morgan fingerprint density at radius 1 is 0.941 bits per heavy atom. The fourth-order valence-electron chi connectivity index (χ4n) is 5.28. The molecule has 0 radical (unpaired) electrons. The molecule has 1 amide bonds. The van der Waals surface area contributed by atoms with Crippen molar-refractivity contribution in [3.8, 4) is 0 Å². The van der Waals surface area contributed by atoms with E-state index in [1.807, 2.05) is 53.4 Å². The number of amides is 1. The summed E-state index contributed by atoms with van der Waals surface area (Å²) in [6.07, 6.45) is 6.05. The van der Waals surface area contributed by atoms with Crippen molar-refractivity contribution in [1.82, 2.24) is 19.6 Å². The average Bonchev–Trinajstić information content (AvgIpc) is 3.30. The molecule has 2 aliphatic heterocycles. The summed E-state index contributed by atoms with van der Waals surface area (Å²) in [7, 11) is 0. The number of rotatable bonds is 6. The number of carbonyl (C=O) groups is 1. The zero-order valence-electron chi connectivity index (χ0n) is 19.5. The Bertz CT molecular complexity index is 1220. The lowest BCUT2D eigenvalue weighted by atomic mass is 10.0. The molecule has 2 saturated heterocycles. The first kappa shape index (κ1) is 23.1. The molecule has 0 N–H and O–H groups in total. The van der Waals surface area contributed by atoms with Crippen LogP contribution in [0.25, 0.3) is 10.8 Å². The van der Waals surface area contributed by atoms with Gasteiger partial charge in [-0.15, -0.1) is 0 Å². The van der Waals surface area contributed by atoms with Crippen LogP contribution in [0.4, 0.5) is 0 Å². The van der Waals surface area contributed by atoms with E-state index in [1.165, 1.54) is 6.42 Å². The maximum Gasteiger partial charge on any atom is 0.274 e. The number of carbonyl (C=O) groups excluding carboxylic acids is 1. The van der Waals surface area contributed by atoms with E-state index in [2.05, 4.69) is 4.90 Å². The minimum absolute atomic E-state index is 0.0651. The Morgan fingerprint density at radius 2 is 1.68 bits per heavy atom. The molecular formula is C27H31ClN4O2. The van der Waals surface area contributed by atoms with Crippen LogP contribution in [-0.2, 0) is 17.8 Å². The number of likely N-dealkylation sites (tertiary alicyclic amines) is 2. The van der Waals surface area contributed by atoms with E-state index >= 15 is 0 Å². The molecule has 0 aliphatic carbocycles. The molecule has 0 unspecified atom stereocenters. The lowest BCUT2D eigenvalue weighted by Gasteiger charge is -2.30. The van der Waals surface area contributed by atoms with Gasteiger partial charge in [0.1, 0.15) is 0 Å². The minimum atomic E-state index is -0.0651. The molecule has 2 aromatic carbocycles. The third kappa shape index (κ3) is 5.03. The molecule has 6 nitrogen and oxygen atoms in total. The van der Waals surface area contributed by atoms with Gasteiger partial charge in [-0.3, -0.25) is 14.5 Å². The van der Waals surface area contributed by atoms with Crippen LogP contribution in [0, 0.1) is 0 Å². The molecular weight excluding hydrogens is 448 g/mol. The van der Waals surface area contributed by atoms with Crippen LogP contribution in [-0.4, -0.2) is 57.7 Å². The normalized spacial score (nSPS) is 19.1. The molecule has 7 heteroatoms. The third-order valence-electron chi connectivity index (χ3n) is 7.16. The molecule has 3 aromatic rings. The number of fused-ring (bicyclic) bond motifs is 1. The van der Waals surface area contributed by atoms with Crippen LogP contribution < -0.4 is 5.56 Å². The van der Waals surface area contributed by atoms with Crippen LogP contribution in [0.2, 0.25) is 5.02 Å². The molecule has 1 aromatic heterocycles. The highest BCUT2D eigenvalue weighted by atomic mass is 35.5. The van der Waals surface area contributed by atoms with Crippen LogP contribution in [0.1, 0.15) is 43.4 Å². The van der Waals surface area contributed by atoms with Crippen molar-refractivity contribution < 1.29 is 4.79 Å². The summed E-state index contributed by atoms with van der Waals surface area (Å²) >= 11 is 6.06. The van der Waals surface area contributed by atoms with Gasteiger partial charge in [0.15, 0.2) is 0 Å². The SMILES string of the molecule is O=C(CN1CCC[C@@H]1Cn1nc(Cc2ccc(Cl)cc2)c2ccccc2c1=O)N1CCCCC1. The topological polar surface area (TPSA) is 58.4 Å². The van der Waals surface area contributed by atoms with Crippen LogP contribution in [0.3, 0.4) is 0 Å². The van der Waals surface area contributed by atoms with Crippen molar-refractivity contribution in [2.45, 2.75) is 51.1 Å². The van der Waals surface area contributed by atoms with Gasteiger partial charge >= 0.3 is 0 Å². The van der Waals surface area contributed by atoms with Gasteiger partial charge in [-0.1, -0.05) is 41.9 Å². The number of hydrogen-bond acceptors (Lipinski definition) is 4. The van der Waals surface area contributed by atoms with Crippen LogP contribution in [0.15, 0.2) is 53.3 Å². The number of nitrogens with zero attached hydrogens (tertiary/aromatic N) is 4. The van der Waals surface area contributed by atoms with Gasteiger partial charge in [-0.05, 0) is 62.4 Å². The first-order chi connectivity index (χ1) is 16.6. The first-order valence-corrected chi connectivity index (χ1v) is 12.7. The summed E-state index contributed by atoms with van der Waals surface area (Å²) in [5.41, 5.74) is 1.91. The second-order valence-corrected chi connectivity index (χ2v) is 9.93. The maximum atomic E-state index is 13.3. The van der Waals surface area contributed by atoms with E-state index in [4.69, 9.17) is 16.7 Å². The first-order valence-electron chi connectivity index (χ1n) is 12.3. The predicted octanol–water partition coefficient (Wildman–Crippen LogP) is 4.12. The zero-order chi connectivity index (χ0) is 23.5. The van der Waals surface area contributed by atoms with Gasteiger partial charge in [0.05, 0.1) is 24.2 Å². The second-order valence-electron chi connectivity index (χ2n) is 9.49. The predicted molar refractivity (Wildman–Crippen MR) is 135 cm³/mol. The van der Waals surface area contributed by atoms with E-state index in [0.717, 1.165) is 62.0 Å². The van der Waals surface area contributed by atoms with E-state index in [-0.39, 0.29) is 17.5 Å². The van der Waals surface area contributed by atoms with Gasteiger partial charge in [-0.25, -0.2) is 4.68 Å². The summed E-state index contributed by atoms with van der Waals surface area (Å²) in [4.78, 5) is 30.4. The molecule has 5 rings (SSSR count). The lowest BCUT2D eigenvalue weighted by Crippen LogP contribution is -2.45. The highest BCUT2D eigenvalue weighted by Crippen LogP contribution is 2.22. The standard InChI is InChI=1S/C27H31ClN4O2/c28-21-12-10-20(11-13-21)17-25-23-8-2-3-9-24(23)27(34)32(29-25)18-22-7-6-16-31(22)19-26(33)30-14-4-1-5-15-30/h2-3,8-13,22H,1,4-7,14-19H2/t22-/m1/s1. The average molecular weight is 479 g/mol. The molecule has 1 atom stereocenters. The monoisotopic (exact) mass is 478 g/mol. The summed E-state index contributed by atoms with van der Waals surface area (Å²) in [6, 6.07) is 15.6. The lowest BCUT2D eigenvalue weighted by molar-refractivity contribution is -0.133. The third-order valence-corrected chi connectivity index (χ3v) is 7.41. The fraction of sp³-hybridized carbons (Fsp3) is 0.444. The zero-order valence-corrected chi connectivity index (χ0v) is 20.2. The van der Waals surface area contributed by atoms with Gasteiger partial charge in [0.2, 0.25) is 5.91 Å². The van der Waals surface area contributed by atoms with E-state index < -0.39 is 0 Å². The highest BCUT2D eigenvalue weighted by molar-refractivity contribution is 6.30. The summed E-state index contributed by atoms with van der Waals surface area (Å²) in [6.45, 7) is 3.58. The van der Waals surface area contributed by atoms with Gasteiger partial charge in [0, 0.05) is 36.0 Å². The Hall–Kier alpha value is -2.70. The van der Waals surface area contributed by atoms with Crippen LogP contribution in [0.5, 0.6) is 0 Å². The molecule has 0 spiro atoms. The summed E-state index contributed by atoms with van der Waals surface area (Å²) in [5, 5.41) is 7.12. The summed E-state index contributed by atoms with van der Waals surface area (Å²) < 4.78 is 1.63. The van der Waals surface area contributed by atoms with Gasteiger partial charge in [0.25, 0.3) is 5.56 Å². The molecule has 0 saturated carbocycles. The van der Waals surface area contributed by atoms with Crippen molar-refractivity contribution in [3.05, 3.63) is 75.2 Å². The van der Waals surface area contributed by atoms with Crippen molar-refractivity contribution in [2.75, 3.05) is 26.2 Å². The van der Waals surface area contributed by atoms with Crippen molar-refractivity contribution in [2.24, 2.45) is 0 Å². The molecule has 0 bridgehead atoms. The molecule has 3 heterocycles. The molecule has 2 fully saturated rings. The number of halogens is 1. The maximum absolute atomic E-state index is 13.3. The Labute approximate surface area is 205 Å². The Kier molecular flexibility index (Phi) is 6.97. The van der Waals surface area contributed by atoms with Crippen molar-refractivity contribution in [1.29, 1.82) is 0 Å². The smallest absolute Gasteiger partial charge is 0.274 e. The molecule has 178 valence electrons.